The Hall–Kier alpha value is -1.72. The Morgan fingerprint density at radius 1 is 1.38 bits per heavy atom. The van der Waals surface area contributed by atoms with Gasteiger partial charge in [0.25, 0.3) is 6.43 Å². The minimum atomic E-state index is -2.59. The van der Waals surface area contributed by atoms with Crippen LogP contribution in [-0.2, 0) is 6.54 Å². The largest absolute Gasteiger partial charge is 0.335 e. The van der Waals surface area contributed by atoms with Crippen LogP contribution in [0.2, 0.25) is 0 Å². The fraction of sp³-hybridized carbons (Fsp3) is 0.600. The van der Waals surface area contributed by atoms with Crippen molar-refractivity contribution in [2.45, 2.75) is 44.7 Å². The molecule has 0 unspecified atom stereocenters. The van der Waals surface area contributed by atoms with Crippen molar-refractivity contribution in [2.24, 2.45) is 11.8 Å². The number of fused-ring (bicyclic) bond motifs is 2. The Morgan fingerprint density at radius 2 is 2.24 bits per heavy atom. The van der Waals surface area contributed by atoms with Gasteiger partial charge in [-0.05, 0) is 48.8 Å². The van der Waals surface area contributed by atoms with Crippen molar-refractivity contribution in [1.82, 2.24) is 15.6 Å². The number of aromatic nitrogens is 1. The highest BCUT2D eigenvalue weighted by atomic mass is 19.3. The average Bonchev–Trinajstić information content (AvgIpc) is 3.08. The molecule has 2 aliphatic rings. The number of carbonyl (C=O) groups excluding carboxylic acids is 1. The lowest BCUT2D eigenvalue weighted by Crippen LogP contribution is -2.44. The molecule has 1 heterocycles. The molecule has 114 valence electrons. The van der Waals surface area contributed by atoms with Crippen LogP contribution in [0.4, 0.5) is 13.6 Å². The van der Waals surface area contributed by atoms with Gasteiger partial charge in [0.2, 0.25) is 0 Å². The van der Waals surface area contributed by atoms with E-state index in [-0.39, 0.29) is 24.3 Å². The summed E-state index contributed by atoms with van der Waals surface area (Å²) in [5.41, 5.74) is 0.367. The van der Waals surface area contributed by atoms with Crippen LogP contribution < -0.4 is 10.6 Å². The molecule has 2 saturated carbocycles. The number of nitrogens with one attached hydrogen (secondary N) is 2. The van der Waals surface area contributed by atoms with Gasteiger partial charge in [-0.25, -0.2) is 13.6 Å². The highest BCUT2D eigenvalue weighted by molar-refractivity contribution is 5.74. The summed E-state index contributed by atoms with van der Waals surface area (Å²) < 4.78 is 25.1. The first kappa shape index (κ1) is 14.2. The Kier molecular flexibility index (Phi) is 4.03. The van der Waals surface area contributed by atoms with Gasteiger partial charge < -0.3 is 10.6 Å². The number of pyridine rings is 1. The molecule has 2 N–H and O–H groups in total. The number of hydrogen-bond donors (Lipinski definition) is 2. The summed E-state index contributed by atoms with van der Waals surface area (Å²) in [6, 6.07) is 3.01. The second-order valence-electron chi connectivity index (χ2n) is 6.00. The number of carbonyl (C=O) groups is 1. The van der Waals surface area contributed by atoms with Crippen LogP contribution in [0.3, 0.4) is 0 Å². The van der Waals surface area contributed by atoms with Gasteiger partial charge >= 0.3 is 6.03 Å². The lowest BCUT2D eigenvalue weighted by molar-refractivity contribution is 0.146. The summed E-state index contributed by atoms with van der Waals surface area (Å²) in [5, 5.41) is 5.73. The molecule has 0 aliphatic heterocycles. The van der Waals surface area contributed by atoms with E-state index in [0.717, 1.165) is 12.3 Å². The van der Waals surface area contributed by atoms with E-state index in [1.165, 1.54) is 31.5 Å². The first-order valence-corrected chi connectivity index (χ1v) is 7.39. The molecular formula is C15H19F2N3O. The number of urea groups is 1. The first-order chi connectivity index (χ1) is 10.1. The summed E-state index contributed by atoms with van der Waals surface area (Å²) in [4.78, 5) is 15.5. The maximum atomic E-state index is 12.5. The van der Waals surface area contributed by atoms with Crippen molar-refractivity contribution < 1.29 is 13.6 Å². The summed E-state index contributed by atoms with van der Waals surface area (Å²) in [6.07, 6.45) is 3.55. The first-order valence-electron chi connectivity index (χ1n) is 7.39. The van der Waals surface area contributed by atoms with Gasteiger partial charge in [0, 0.05) is 18.8 Å². The van der Waals surface area contributed by atoms with Crippen LogP contribution >= 0.6 is 0 Å². The predicted octanol–water partition coefficient (Wildman–Crippen LogP) is 3.01. The lowest BCUT2D eigenvalue weighted by atomic mass is 9.95. The van der Waals surface area contributed by atoms with E-state index >= 15 is 0 Å². The van der Waals surface area contributed by atoms with Crippen LogP contribution in [0.1, 0.15) is 43.4 Å². The molecule has 1 aromatic heterocycles. The van der Waals surface area contributed by atoms with Crippen molar-refractivity contribution in [3.63, 3.8) is 0 Å². The molecule has 2 fully saturated rings. The number of nitrogens with zero attached hydrogens (tertiary/aromatic N) is 1. The summed E-state index contributed by atoms with van der Waals surface area (Å²) in [5.74, 6) is 1.39. The van der Waals surface area contributed by atoms with Gasteiger partial charge in [0.1, 0.15) is 5.69 Å². The van der Waals surface area contributed by atoms with Crippen molar-refractivity contribution in [3.8, 4) is 0 Å². The number of alkyl halides is 2. The minimum Gasteiger partial charge on any atom is -0.335 e. The summed E-state index contributed by atoms with van der Waals surface area (Å²) in [7, 11) is 0. The van der Waals surface area contributed by atoms with Gasteiger partial charge in [-0.1, -0.05) is 6.42 Å². The zero-order chi connectivity index (χ0) is 14.8. The van der Waals surface area contributed by atoms with Crippen molar-refractivity contribution in [1.29, 1.82) is 0 Å². The third kappa shape index (κ3) is 3.31. The smallest absolute Gasteiger partial charge is 0.315 e. The molecule has 6 heteroatoms. The third-order valence-corrected chi connectivity index (χ3v) is 4.58. The van der Waals surface area contributed by atoms with Crippen molar-refractivity contribution >= 4 is 6.03 Å². The minimum absolute atomic E-state index is 0.219. The fourth-order valence-electron chi connectivity index (χ4n) is 3.55. The molecule has 0 saturated heterocycles. The quantitative estimate of drug-likeness (QED) is 0.897. The second-order valence-corrected chi connectivity index (χ2v) is 6.00. The normalized spacial score (nSPS) is 27.1. The molecule has 4 nitrogen and oxygen atoms in total. The SMILES string of the molecule is O=C(NCc1ccnc(C(F)F)c1)N[C@@H]1C[C@H]2CC[C@@H]1C2. The van der Waals surface area contributed by atoms with Crippen molar-refractivity contribution in [3.05, 3.63) is 29.6 Å². The van der Waals surface area contributed by atoms with Gasteiger partial charge in [-0.2, -0.15) is 0 Å². The van der Waals surface area contributed by atoms with Gasteiger partial charge in [-0.3, -0.25) is 4.98 Å². The van der Waals surface area contributed by atoms with Crippen LogP contribution in [0.25, 0.3) is 0 Å². The number of rotatable bonds is 4. The molecule has 2 bridgehead atoms. The van der Waals surface area contributed by atoms with E-state index < -0.39 is 6.43 Å². The number of halogens is 2. The predicted molar refractivity (Wildman–Crippen MR) is 73.8 cm³/mol. The fourth-order valence-corrected chi connectivity index (χ4v) is 3.55. The average molecular weight is 295 g/mol. The zero-order valence-electron chi connectivity index (χ0n) is 11.7. The molecule has 21 heavy (non-hydrogen) atoms. The molecule has 0 aromatic carbocycles. The standard InChI is InChI=1S/C15H19F2N3O/c16-14(17)13-7-10(3-4-18-13)8-19-15(21)20-12-6-9-1-2-11(12)5-9/h3-4,7,9,11-12,14H,1-2,5-6,8H2,(H2,19,20,21)/t9-,11+,12+/m0/s1. The molecule has 1 aromatic rings. The topological polar surface area (TPSA) is 54.0 Å². The molecule has 3 atom stereocenters. The number of hydrogen-bond acceptors (Lipinski definition) is 2. The number of amides is 2. The maximum Gasteiger partial charge on any atom is 0.315 e. The zero-order valence-corrected chi connectivity index (χ0v) is 11.7. The molecular weight excluding hydrogens is 276 g/mol. The van der Waals surface area contributed by atoms with Crippen LogP contribution in [0, 0.1) is 11.8 Å². The Labute approximate surface area is 122 Å². The van der Waals surface area contributed by atoms with Gasteiger partial charge in [0.15, 0.2) is 0 Å². The Morgan fingerprint density at radius 3 is 2.90 bits per heavy atom. The lowest BCUT2D eigenvalue weighted by Gasteiger charge is -2.23. The van der Waals surface area contributed by atoms with Gasteiger partial charge in [-0.15, -0.1) is 0 Å². The molecule has 0 radical (unpaired) electrons. The van der Waals surface area contributed by atoms with Crippen molar-refractivity contribution in [2.75, 3.05) is 0 Å². The maximum absolute atomic E-state index is 12.5. The Balaban J connectivity index is 1.48. The Bertz CT molecular complexity index is 523. The summed E-state index contributed by atoms with van der Waals surface area (Å²) >= 11 is 0. The van der Waals surface area contributed by atoms with Crippen LogP contribution in [0.15, 0.2) is 18.3 Å². The third-order valence-electron chi connectivity index (χ3n) is 4.58. The van der Waals surface area contributed by atoms with E-state index in [0.29, 0.717) is 11.5 Å². The van der Waals surface area contributed by atoms with E-state index in [1.54, 1.807) is 6.07 Å². The molecule has 0 spiro atoms. The van der Waals surface area contributed by atoms with Gasteiger partial charge in [0.05, 0.1) is 0 Å². The monoisotopic (exact) mass is 295 g/mol. The molecule has 2 aliphatic carbocycles. The highest BCUT2D eigenvalue weighted by Crippen LogP contribution is 2.44. The second kappa shape index (κ2) is 5.95. The van der Waals surface area contributed by atoms with Crippen LogP contribution in [0.5, 0.6) is 0 Å². The van der Waals surface area contributed by atoms with E-state index in [9.17, 15) is 13.6 Å². The van der Waals surface area contributed by atoms with Crippen LogP contribution in [-0.4, -0.2) is 17.1 Å². The van der Waals surface area contributed by atoms with E-state index in [1.807, 2.05) is 0 Å². The molecule has 2 amide bonds. The molecule has 3 rings (SSSR count). The highest BCUT2D eigenvalue weighted by Gasteiger charge is 2.40. The van der Waals surface area contributed by atoms with E-state index in [4.69, 9.17) is 0 Å². The van der Waals surface area contributed by atoms with E-state index in [2.05, 4.69) is 15.6 Å². The summed E-state index contributed by atoms with van der Waals surface area (Å²) in [6.45, 7) is 0.231.